The fourth-order valence-corrected chi connectivity index (χ4v) is 8.23. The quantitative estimate of drug-likeness (QED) is 0.644. The molecule has 1 heterocycles. The van der Waals surface area contributed by atoms with Crippen LogP contribution >= 0.6 is 0 Å². The molecule has 0 radical (unpaired) electrons. The molecule has 0 N–H and O–H groups in total. The highest BCUT2D eigenvalue weighted by atomic mass is 28.3. The summed E-state index contributed by atoms with van der Waals surface area (Å²) in [5.74, 6) is 0. The van der Waals surface area contributed by atoms with Gasteiger partial charge in [-0.1, -0.05) is 55.6 Å². The Balaban J connectivity index is 2.06. The van der Waals surface area contributed by atoms with Gasteiger partial charge in [-0.3, -0.25) is 0 Å². The van der Waals surface area contributed by atoms with Gasteiger partial charge in [0, 0.05) is 18.8 Å². The van der Waals surface area contributed by atoms with E-state index in [0.717, 1.165) is 29.4 Å². The van der Waals surface area contributed by atoms with E-state index in [1.807, 2.05) is 0 Å². The Bertz CT molecular complexity index is 1090. The van der Waals surface area contributed by atoms with Gasteiger partial charge in [-0.05, 0) is 58.9 Å². The minimum Gasteiger partial charge on any atom is -0.372 e. The monoisotopic (exact) mass is 370 g/mol. The van der Waals surface area contributed by atoms with Crippen LogP contribution in [0.2, 0.25) is 6.55 Å². The molecule has 136 valence electrons. The van der Waals surface area contributed by atoms with Crippen LogP contribution in [-0.4, -0.2) is 21.2 Å². The molecule has 0 bridgehead atoms. The smallest absolute Gasteiger partial charge is 0.151 e. The largest absolute Gasteiger partial charge is 0.372 e. The predicted octanol–water partition coefficient (Wildman–Crippen LogP) is 2.31. The Labute approximate surface area is 162 Å². The molecule has 4 rings (SSSR count). The molecule has 2 nitrogen and oxygen atoms in total. The lowest BCUT2D eigenvalue weighted by atomic mass is 10.2. The van der Waals surface area contributed by atoms with Crippen molar-refractivity contribution in [3.05, 3.63) is 77.3 Å². The summed E-state index contributed by atoms with van der Waals surface area (Å²) < 4.78 is 0. The molecular weight excluding hydrogens is 344 g/mol. The number of rotatable bonds is 4. The number of nitrogens with zero attached hydrogens (tertiary/aromatic N) is 2. The van der Waals surface area contributed by atoms with Gasteiger partial charge in [-0.25, -0.2) is 4.99 Å². The summed E-state index contributed by atoms with van der Waals surface area (Å²) in [6, 6.07) is 24.2. The zero-order valence-corrected chi connectivity index (χ0v) is 17.4. The van der Waals surface area contributed by atoms with Gasteiger partial charge in [-0.2, -0.15) is 0 Å². The van der Waals surface area contributed by atoms with Crippen LogP contribution in [-0.2, 0) is 0 Å². The maximum atomic E-state index is 5.01. The number of anilines is 1. The Kier molecular flexibility index (Phi) is 4.48. The van der Waals surface area contributed by atoms with E-state index in [2.05, 4.69) is 98.6 Å². The molecule has 1 unspecified atom stereocenters. The normalized spacial score (nSPS) is 17.6. The second-order valence-electron chi connectivity index (χ2n) is 7.33. The van der Waals surface area contributed by atoms with E-state index >= 15 is 0 Å². The SMILES string of the molecule is C=c1ccc2c(c1)[Si](C)(c1ccccc1)c1cc(N(CC)CC)ccc1N=2. The molecule has 27 heavy (non-hydrogen) atoms. The van der Waals surface area contributed by atoms with Crippen molar-refractivity contribution >= 4 is 41.6 Å². The van der Waals surface area contributed by atoms with Crippen LogP contribution in [0, 0.1) is 0 Å². The van der Waals surface area contributed by atoms with Gasteiger partial charge in [-0.15, -0.1) is 0 Å². The summed E-state index contributed by atoms with van der Waals surface area (Å²) in [7, 11) is -2.15. The maximum absolute atomic E-state index is 5.01. The summed E-state index contributed by atoms with van der Waals surface area (Å²) in [5.41, 5.74) is 2.41. The topological polar surface area (TPSA) is 15.6 Å². The average molecular weight is 371 g/mol. The van der Waals surface area contributed by atoms with Crippen LogP contribution in [0.25, 0.3) is 6.58 Å². The zero-order chi connectivity index (χ0) is 19.0. The van der Waals surface area contributed by atoms with E-state index in [0.29, 0.717) is 0 Å². The van der Waals surface area contributed by atoms with Gasteiger partial charge >= 0.3 is 0 Å². The molecule has 1 atom stereocenters. The lowest BCUT2D eigenvalue weighted by Gasteiger charge is -2.34. The number of hydrogen-bond donors (Lipinski definition) is 0. The van der Waals surface area contributed by atoms with Crippen LogP contribution in [0.3, 0.4) is 0 Å². The van der Waals surface area contributed by atoms with E-state index in [9.17, 15) is 0 Å². The second kappa shape index (κ2) is 6.82. The second-order valence-corrected chi connectivity index (χ2v) is 11.2. The third-order valence-corrected chi connectivity index (χ3v) is 10.3. The molecule has 0 aliphatic carbocycles. The summed E-state index contributed by atoms with van der Waals surface area (Å²) in [5, 5.41) is 6.34. The first-order valence-electron chi connectivity index (χ1n) is 9.71. The van der Waals surface area contributed by atoms with Gasteiger partial charge < -0.3 is 4.90 Å². The van der Waals surface area contributed by atoms with E-state index in [-0.39, 0.29) is 0 Å². The van der Waals surface area contributed by atoms with Crippen LogP contribution in [0.15, 0.2) is 71.7 Å². The van der Waals surface area contributed by atoms with E-state index in [1.165, 1.54) is 21.2 Å². The van der Waals surface area contributed by atoms with E-state index < -0.39 is 8.07 Å². The minimum absolute atomic E-state index is 1.01. The van der Waals surface area contributed by atoms with Gasteiger partial charge in [0.15, 0.2) is 8.07 Å². The molecule has 0 fully saturated rings. The first-order valence-corrected chi connectivity index (χ1v) is 12.2. The van der Waals surface area contributed by atoms with Crippen molar-refractivity contribution in [2.24, 2.45) is 4.99 Å². The van der Waals surface area contributed by atoms with Crippen molar-refractivity contribution in [1.29, 1.82) is 0 Å². The van der Waals surface area contributed by atoms with Crippen molar-refractivity contribution in [1.82, 2.24) is 0 Å². The highest BCUT2D eigenvalue weighted by molar-refractivity contribution is 7.11. The predicted molar refractivity (Wildman–Crippen MR) is 119 cm³/mol. The summed E-state index contributed by atoms with van der Waals surface area (Å²) in [6.45, 7) is 13.1. The molecule has 0 aromatic heterocycles. The highest BCUT2D eigenvalue weighted by Crippen LogP contribution is 2.23. The van der Waals surface area contributed by atoms with Crippen LogP contribution < -0.4 is 31.0 Å². The summed E-state index contributed by atoms with van der Waals surface area (Å²) >= 11 is 0. The van der Waals surface area contributed by atoms with Crippen LogP contribution in [0.1, 0.15) is 13.8 Å². The fraction of sp³-hybridized carbons (Fsp3) is 0.208. The van der Waals surface area contributed by atoms with Gasteiger partial charge in [0.05, 0.1) is 11.0 Å². The number of benzene rings is 3. The number of fused-ring (bicyclic) bond motifs is 2. The fourth-order valence-electron chi connectivity index (χ4n) is 4.25. The van der Waals surface area contributed by atoms with Gasteiger partial charge in [0.25, 0.3) is 0 Å². The van der Waals surface area contributed by atoms with Crippen LogP contribution in [0.5, 0.6) is 0 Å². The van der Waals surface area contributed by atoms with Crippen molar-refractivity contribution in [2.75, 3.05) is 18.0 Å². The van der Waals surface area contributed by atoms with Crippen LogP contribution in [0.4, 0.5) is 11.4 Å². The summed E-state index contributed by atoms with van der Waals surface area (Å²) in [6.07, 6.45) is 0. The minimum atomic E-state index is -2.15. The van der Waals surface area contributed by atoms with Crippen molar-refractivity contribution in [3.8, 4) is 0 Å². The molecule has 0 amide bonds. The Morgan fingerprint density at radius 3 is 2.33 bits per heavy atom. The molecule has 3 heteroatoms. The maximum Gasteiger partial charge on any atom is 0.151 e. The van der Waals surface area contributed by atoms with Gasteiger partial charge in [0.1, 0.15) is 0 Å². The molecular formula is C24H26N2Si. The standard InChI is InChI=1S/C24H26N2Si/c1-5-26(6-2)19-13-15-22-24(17-19)27(4,20-10-8-7-9-11-20)23-16-18(3)12-14-21(23)25-22/h7-17H,3,5-6H2,1-2,4H3. The number of hydrogen-bond acceptors (Lipinski definition) is 2. The molecule has 0 spiro atoms. The molecule has 3 aromatic carbocycles. The average Bonchev–Trinajstić information content (AvgIpc) is 2.71. The van der Waals surface area contributed by atoms with Crippen molar-refractivity contribution < 1.29 is 0 Å². The van der Waals surface area contributed by atoms with Gasteiger partial charge in [0.2, 0.25) is 0 Å². The molecule has 3 aromatic rings. The lowest BCUT2D eigenvalue weighted by molar-refractivity contribution is 0.867. The van der Waals surface area contributed by atoms with Crippen molar-refractivity contribution in [3.63, 3.8) is 0 Å². The molecule has 1 aliphatic rings. The molecule has 0 saturated heterocycles. The van der Waals surface area contributed by atoms with E-state index in [1.54, 1.807) is 0 Å². The van der Waals surface area contributed by atoms with Crippen molar-refractivity contribution in [2.45, 2.75) is 20.4 Å². The zero-order valence-electron chi connectivity index (χ0n) is 16.4. The Morgan fingerprint density at radius 2 is 1.63 bits per heavy atom. The lowest BCUT2D eigenvalue weighted by Crippen LogP contribution is -2.70. The first kappa shape index (κ1) is 17.7. The van der Waals surface area contributed by atoms with E-state index in [4.69, 9.17) is 4.99 Å². The highest BCUT2D eigenvalue weighted by Gasteiger charge is 2.39. The first-order chi connectivity index (χ1) is 13.1. The third-order valence-electron chi connectivity index (χ3n) is 5.84. The Morgan fingerprint density at radius 1 is 0.889 bits per heavy atom. The Hall–Kier alpha value is -2.65. The third kappa shape index (κ3) is 2.83. The molecule has 0 saturated carbocycles. The summed E-state index contributed by atoms with van der Waals surface area (Å²) in [4.78, 5) is 7.42. The molecule has 1 aliphatic heterocycles.